The fraction of sp³-hybridized carbons (Fsp3) is 0.214. The van der Waals surface area contributed by atoms with Crippen LogP contribution in [0.1, 0.15) is 30.5 Å². The van der Waals surface area contributed by atoms with E-state index in [0.717, 1.165) is 22.1 Å². The van der Waals surface area contributed by atoms with E-state index in [2.05, 4.69) is 10.3 Å². The predicted molar refractivity (Wildman–Crippen MR) is 150 cm³/mol. The summed E-state index contributed by atoms with van der Waals surface area (Å²) in [5.74, 6) is 0.679. The molecule has 0 saturated heterocycles. The molecule has 0 aliphatic carbocycles. The zero-order valence-electron chi connectivity index (χ0n) is 20.4. The second kappa shape index (κ2) is 11.1. The molecule has 0 fully saturated rings. The lowest BCUT2D eigenvalue weighted by Gasteiger charge is -2.27. The Morgan fingerprint density at radius 3 is 2.44 bits per heavy atom. The number of hydrogen-bond acceptors (Lipinski definition) is 4. The number of anilines is 3. The highest BCUT2D eigenvalue weighted by Gasteiger charge is 2.24. The van der Waals surface area contributed by atoms with E-state index in [4.69, 9.17) is 33.7 Å². The van der Waals surface area contributed by atoms with Crippen LogP contribution < -0.4 is 20.7 Å². The Hall–Kier alpha value is -3.48. The first-order chi connectivity index (χ1) is 17.4. The Kier molecular flexibility index (Phi) is 7.87. The molecule has 2 amide bonds. The summed E-state index contributed by atoms with van der Waals surface area (Å²) >= 11 is 12.6. The van der Waals surface area contributed by atoms with Crippen molar-refractivity contribution in [2.45, 2.75) is 33.2 Å². The van der Waals surface area contributed by atoms with E-state index in [0.29, 0.717) is 57.8 Å². The minimum Gasteiger partial charge on any atom is -0.496 e. The second-order valence-electron chi connectivity index (χ2n) is 8.32. The van der Waals surface area contributed by atoms with E-state index in [1.54, 1.807) is 36.4 Å². The van der Waals surface area contributed by atoms with Gasteiger partial charge in [-0.25, -0.2) is 4.79 Å². The number of fused-ring (bicyclic) bond motifs is 1. The highest BCUT2D eigenvalue weighted by molar-refractivity contribution is 6.32. The van der Waals surface area contributed by atoms with Gasteiger partial charge < -0.3 is 15.8 Å². The minimum atomic E-state index is -0.326. The maximum Gasteiger partial charge on any atom is 0.326 e. The zero-order chi connectivity index (χ0) is 25.8. The lowest BCUT2D eigenvalue weighted by Crippen LogP contribution is -2.35. The van der Waals surface area contributed by atoms with Gasteiger partial charge in [-0.15, -0.1) is 0 Å². The number of aromatic nitrogens is 1. The fourth-order valence-corrected chi connectivity index (χ4v) is 4.85. The molecule has 1 heterocycles. The van der Waals surface area contributed by atoms with E-state index in [1.807, 2.05) is 50.2 Å². The van der Waals surface area contributed by atoms with Gasteiger partial charge in [0.1, 0.15) is 5.75 Å². The van der Waals surface area contributed by atoms with Gasteiger partial charge in [0.2, 0.25) is 0 Å². The standard InChI is InChI=1S/C28H28Cl2N4O2/c1-4-19-22(30)15-23(31)20(5-2)26(19)33-28(35)34(16-17-8-10-18(29)11-9-17)24-12-13-25(36-3)21-7-6-14-32-27(21)24/h6-15H,4-5,16,31H2,1-3H3,(H,33,35). The van der Waals surface area contributed by atoms with E-state index in [-0.39, 0.29) is 6.03 Å². The van der Waals surface area contributed by atoms with Crippen LogP contribution in [0.4, 0.5) is 21.9 Å². The van der Waals surface area contributed by atoms with E-state index in [1.165, 1.54) is 0 Å². The summed E-state index contributed by atoms with van der Waals surface area (Å²) < 4.78 is 5.53. The summed E-state index contributed by atoms with van der Waals surface area (Å²) in [6, 6.07) is 16.3. The molecular weight excluding hydrogens is 495 g/mol. The first-order valence-corrected chi connectivity index (χ1v) is 12.5. The third kappa shape index (κ3) is 5.06. The summed E-state index contributed by atoms with van der Waals surface area (Å²) in [5, 5.41) is 5.09. The van der Waals surface area contributed by atoms with Crippen LogP contribution in [0.2, 0.25) is 10.0 Å². The molecule has 0 aliphatic heterocycles. The first kappa shape index (κ1) is 25.6. The number of rotatable bonds is 7. The molecule has 0 atom stereocenters. The van der Waals surface area contributed by atoms with Crippen LogP contribution in [0.25, 0.3) is 10.9 Å². The third-order valence-corrected chi connectivity index (χ3v) is 6.77. The lowest BCUT2D eigenvalue weighted by molar-refractivity contribution is 0.256. The number of amides is 2. The average molecular weight is 523 g/mol. The number of carbonyl (C=O) groups excluding carboxylic acids is 1. The van der Waals surface area contributed by atoms with Crippen LogP contribution >= 0.6 is 23.2 Å². The van der Waals surface area contributed by atoms with Crippen molar-refractivity contribution in [3.05, 3.63) is 87.5 Å². The van der Waals surface area contributed by atoms with Crippen molar-refractivity contribution < 1.29 is 9.53 Å². The number of hydrogen-bond donors (Lipinski definition) is 2. The number of nitrogen functional groups attached to an aromatic ring is 1. The van der Waals surface area contributed by atoms with Crippen LogP contribution in [0.15, 0.2) is 60.8 Å². The molecule has 0 aliphatic rings. The largest absolute Gasteiger partial charge is 0.496 e. The maximum absolute atomic E-state index is 14.0. The van der Waals surface area contributed by atoms with Crippen molar-refractivity contribution in [1.29, 1.82) is 0 Å². The van der Waals surface area contributed by atoms with Crippen LogP contribution in [-0.2, 0) is 19.4 Å². The van der Waals surface area contributed by atoms with E-state index < -0.39 is 0 Å². The summed E-state index contributed by atoms with van der Waals surface area (Å²) in [5.41, 5.74) is 11.4. The number of nitrogens with one attached hydrogen (secondary N) is 1. The van der Waals surface area contributed by atoms with Crippen LogP contribution in [0.3, 0.4) is 0 Å². The van der Waals surface area contributed by atoms with E-state index >= 15 is 0 Å². The molecule has 3 N–H and O–H groups in total. The molecule has 0 radical (unpaired) electrons. The molecule has 0 unspecified atom stereocenters. The Balaban J connectivity index is 1.85. The smallest absolute Gasteiger partial charge is 0.326 e. The van der Waals surface area contributed by atoms with Gasteiger partial charge in [0.05, 0.1) is 30.5 Å². The maximum atomic E-state index is 14.0. The van der Waals surface area contributed by atoms with Gasteiger partial charge in [-0.3, -0.25) is 9.88 Å². The molecular formula is C28H28Cl2N4O2. The van der Waals surface area contributed by atoms with Gasteiger partial charge >= 0.3 is 6.03 Å². The highest BCUT2D eigenvalue weighted by Crippen LogP contribution is 2.36. The monoisotopic (exact) mass is 522 g/mol. The second-order valence-corrected chi connectivity index (χ2v) is 9.16. The molecule has 1 aromatic heterocycles. The molecule has 8 heteroatoms. The molecule has 36 heavy (non-hydrogen) atoms. The molecule has 0 saturated carbocycles. The molecule has 0 spiro atoms. The van der Waals surface area contributed by atoms with Crippen molar-refractivity contribution in [2.24, 2.45) is 0 Å². The third-order valence-electron chi connectivity index (χ3n) is 6.18. The average Bonchev–Trinajstić information content (AvgIpc) is 2.88. The number of nitrogens with zero attached hydrogens (tertiary/aromatic N) is 2. The molecule has 4 rings (SSSR count). The SMILES string of the molecule is CCc1c(N)cc(Cl)c(CC)c1NC(=O)N(Cc1ccc(Cl)cc1)c1ccc(OC)c2cccnc12. The number of carbonyl (C=O) groups is 1. The number of methoxy groups -OCH3 is 1. The molecule has 4 aromatic rings. The van der Waals surface area contributed by atoms with Gasteiger partial charge in [-0.05, 0) is 72.0 Å². The van der Waals surface area contributed by atoms with Gasteiger partial charge in [0.15, 0.2) is 0 Å². The highest BCUT2D eigenvalue weighted by atomic mass is 35.5. The number of halogens is 2. The van der Waals surface area contributed by atoms with Gasteiger partial charge in [0.25, 0.3) is 0 Å². The Labute approximate surface area is 221 Å². The Morgan fingerprint density at radius 2 is 1.78 bits per heavy atom. The molecule has 0 bridgehead atoms. The summed E-state index contributed by atoms with van der Waals surface area (Å²) in [6.45, 7) is 4.29. The normalized spacial score (nSPS) is 10.9. The van der Waals surface area contributed by atoms with E-state index in [9.17, 15) is 4.79 Å². The molecule has 3 aromatic carbocycles. The van der Waals surface area contributed by atoms with Crippen molar-refractivity contribution in [2.75, 3.05) is 23.1 Å². The van der Waals surface area contributed by atoms with Crippen LogP contribution in [0.5, 0.6) is 5.75 Å². The topological polar surface area (TPSA) is 80.5 Å². The van der Waals surface area contributed by atoms with Crippen molar-refractivity contribution >= 4 is 57.2 Å². The van der Waals surface area contributed by atoms with Crippen molar-refractivity contribution in [1.82, 2.24) is 4.98 Å². The number of urea groups is 1. The lowest BCUT2D eigenvalue weighted by atomic mass is 10.0. The fourth-order valence-electron chi connectivity index (χ4n) is 4.37. The molecule has 6 nitrogen and oxygen atoms in total. The zero-order valence-corrected chi connectivity index (χ0v) is 22.0. The van der Waals surface area contributed by atoms with Gasteiger partial charge in [-0.2, -0.15) is 0 Å². The van der Waals surface area contributed by atoms with Crippen molar-refractivity contribution in [3.8, 4) is 5.75 Å². The number of ether oxygens (including phenoxy) is 1. The quantitative estimate of drug-likeness (QED) is 0.246. The van der Waals surface area contributed by atoms with Gasteiger partial charge in [-0.1, -0.05) is 49.2 Å². The summed E-state index contributed by atoms with van der Waals surface area (Å²) in [4.78, 5) is 20.2. The van der Waals surface area contributed by atoms with Gasteiger partial charge in [0, 0.05) is 27.3 Å². The van der Waals surface area contributed by atoms with Crippen LogP contribution in [-0.4, -0.2) is 18.1 Å². The number of pyridine rings is 1. The van der Waals surface area contributed by atoms with Crippen molar-refractivity contribution in [3.63, 3.8) is 0 Å². The minimum absolute atomic E-state index is 0.292. The summed E-state index contributed by atoms with van der Waals surface area (Å²) in [6.07, 6.45) is 2.99. The predicted octanol–water partition coefficient (Wildman–Crippen LogP) is 7.50. The number of benzene rings is 3. The molecule has 186 valence electrons. The van der Waals surface area contributed by atoms with Crippen LogP contribution in [0, 0.1) is 0 Å². The Bertz CT molecular complexity index is 1380. The summed E-state index contributed by atoms with van der Waals surface area (Å²) in [7, 11) is 1.61. The number of nitrogens with two attached hydrogens (primary N) is 1. The first-order valence-electron chi connectivity index (χ1n) is 11.7. The Morgan fingerprint density at radius 1 is 1.06 bits per heavy atom.